The summed E-state index contributed by atoms with van der Waals surface area (Å²) in [5, 5.41) is 22.3. The van der Waals surface area contributed by atoms with Gasteiger partial charge in [-0.15, -0.1) is 0 Å². The highest BCUT2D eigenvalue weighted by molar-refractivity contribution is 5.87. The predicted octanol–water partition coefficient (Wildman–Crippen LogP) is 1.17. The quantitative estimate of drug-likeness (QED) is 0.675. The summed E-state index contributed by atoms with van der Waals surface area (Å²) in [6.45, 7) is 6.73. The van der Waals surface area contributed by atoms with Gasteiger partial charge in [-0.3, -0.25) is 9.59 Å². The molecule has 0 heterocycles. The first-order valence-electron chi connectivity index (χ1n) is 7.00. The van der Waals surface area contributed by atoms with Crippen LogP contribution in [0.3, 0.4) is 0 Å². The maximum Gasteiger partial charge on any atom is 0.307 e. The van der Waals surface area contributed by atoms with Crippen LogP contribution in [0.5, 0.6) is 0 Å². The number of aliphatic carboxylic acids is 1. The molecule has 1 fully saturated rings. The fourth-order valence-corrected chi connectivity index (χ4v) is 3.06. The molecule has 0 aliphatic heterocycles. The molecule has 2 aliphatic rings. The fourth-order valence-electron chi connectivity index (χ4n) is 3.06. The van der Waals surface area contributed by atoms with Crippen LogP contribution in [0.1, 0.15) is 34.1 Å². The number of carbonyl (C=O) groups excluding carboxylic acids is 1. The molecule has 112 valence electrons. The largest absolute Gasteiger partial charge is 0.481 e. The summed E-state index contributed by atoms with van der Waals surface area (Å²) in [5.74, 6) is -2.42. The van der Waals surface area contributed by atoms with Crippen molar-refractivity contribution in [3.05, 3.63) is 12.2 Å². The number of rotatable bonds is 4. The van der Waals surface area contributed by atoms with E-state index in [-0.39, 0.29) is 17.7 Å². The van der Waals surface area contributed by atoms with Gasteiger partial charge >= 0.3 is 5.97 Å². The smallest absolute Gasteiger partial charge is 0.307 e. The van der Waals surface area contributed by atoms with E-state index in [4.69, 9.17) is 0 Å². The Morgan fingerprint density at radius 3 is 2.05 bits per heavy atom. The molecule has 2 bridgehead atoms. The average Bonchev–Trinajstić information content (AvgIpc) is 2.85. The van der Waals surface area contributed by atoms with E-state index in [9.17, 15) is 19.8 Å². The minimum absolute atomic E-state index is 0.00120. The molecule has 2 rings (SSSR count). The molecule has 0 radical (unpaired) electrons. The zero-order valence-corrected chi connectivity index (χ0v) is 12.4. The highest BCUT2D eigenvalue weighted by atomic mass is 16.4. The van der Waals surface area contributed by atoms with Crippen LogP contribution in [-0.2, 0) is 9.59 Å². The molecule has 0 aromatic carbocycles. The lowest BCUT2D eigenvalue weighted by atomic mass is 9.80. The van der Waals surface area contributed by atoms with E-state index in [0.29, 0.717) is 0 Å². The molecule has 5 heteroatoms. The maximum atomic E-state index is 12.5. The van der Waals surface area contributed by atoms with Crippen molar-refractivity contribution in [3.8, 4) is 0 Å². The lowest BCUT2D eigenvalue weighted by Gasteiger charge is -2.39. The number of carboxylic acids is 1. The molecule has 0 aromatic rings. The van der Waals surface area contributed by atoms with E-state index < -0.39 is 28.9 Å². The molecule has 0 saturated heterocycles. The highest BCUT2D eigenvalue weighted by Crippen LogP contribution is 2.48. The van der Waals surface area contributed by atoms with E-state index in [0.717, 1.165) is 6.42 Å². The Hall–Kier alpha value is -1.36. The number of allylic oxidation sites excluding steroid dienone is 2. The van der Waals surface area contributed by atoms with Gasteiger partial charge in [0, 0.05) is 0 Å². The molecule has 5 nitrogen and oxygen atoms in total. The third kappa shape index (κ3) is 2.35. The second-order valence-corrected chi connectivity index (χ2v) is 7.01. The van der Waals surface area contributed by atoms with E-state index in [1.807, 2.05) is 12.2 Å². The number of nitrogens with one attached hydrogen (secondary N) is 1. The first-order chi connectivity index (χ1) is 9.04. The fraction of sp³-hybridized carbons (Fsp3) is 0.733. The van der Waals surface area contributed by atoms with Crippen LogP contribution in [0, 0.1) is 23.7 Å². The zero-order chi connectivity index (χ0) is 15.3. The molecule has 3 N–H and O–H groups in total. The van der Waals surface area contributed by atoms with E-state index in [1.165, 1.54) is 0 Å². The predicted molar refractivity (Wildman–Crippen MR) is 73.9 cm³/mol. The number of hydrogen-bond donors (Lipinski definition) is 3. The lowest BCUT2D eigenvalue weighted by Crippen LogP contribution is -2.59. The summed E-state index contributed by atoms with van der Waals surface area (Å²) in [6.07, 6.45) is 4.60. The van der Waals surface area contributed by atoms with Crippen molar-refractivity contribution >= 4 is 11.9 Å². The van der Waals surface area contributed by atoms with Gasteiger partial charge < -0.3 is 15.5 Å². The molecular weight excluding hydrogens is 258 g/mol. The second kappa shape index (κ2) is 4.58. The molecule has 1 saturated carbocycles. The van der Waals surface area contributed by atoms with Crippen molar-refractivity contribution < 1.29 is 19.8 Å². The summed E-state index contributed by atoms with van der Waals surface area (Å²) in [6, 6.07) is 0. The first kappa shape index (κ1) is 15.0. The van der Waals surface area contributed by atoms with Crippen molar-refractivity contribution in [2.24, 2.45) is 23.7 Å². The van der Waals surface area contributed by atoms with Gasteiger partial charge in [0.05, 0.1) is 23.0 Å². The third-order valence-electron chi connectivity index (χ3n) is 5.01. The second-order valence-electron chi connectivity index (χ2n) is 7.01. The maximum absolute atomic E-state index is 12.5. The Labute approximate surface area is 119 Å². The number of aliphatic hydroxyl groups is 1. The molecule has 1 amide bonds. The number of carbonyl (C=O) groups is 2. The van der Waals surface area contributed by atoms with Gasteiger partial charge in [0.15, 0.2) is 0 Å². The summed E-state index contributed by atoms with van der Waals surface area (Å²) in [5.41, 5.74) is -1.91. The Morgan fingerprint density at radius 2 is 1.60 bits per heavy atom. The van der Waals surface area contributed by atoms with Crippen molar-refractivity contribution in [3.63, 3.8) is 0 Å². The Bertz CT molecular complexity index is 461. The number of hydrogen-bond acceptors (Lipinski definition) is 3. The lowest BCUT2D eigenvalue weighted by molar-refractivity contribution is -0.148. The number of carboxylic acid groups (broad SMARTS) is 1. The van der Waals surface area contributed by atoms with E-state index in [1.54, 1.807) is 27.7 Å². The third-order valence-corrected chi connectivity index (χ3v) is 5.01. The van der Waals surface area contributed by atoms with Crippen molar-refractivity contribution in [2.45, 2.75) is 45.3 Å². The summed E-state index contributed by atoms with van der Waals surface area (Å²) >= 11 is 0. The van der Waals surface area contributed by atoms with Gasteiger partial charge in [-0.1, -0.05) is 12.2 Å². The van der Waals surface area contributed by atoms with Crippen LogP contribution >= 0.6 is 0 Å². The normalized spacial score (nSPS) is 32.5. The molecule has 4 atom stereocenters. The van der Waals surface area contributed by atoms with Gasteiger partial charge in [-0.05, 0) is 46.0 Å². The molecule has 0 spiro atoms. The Balaban J connectivity index is 2.17. The molecule has 2 aliphatic carbocycles. The minimum Gasteiger partial charge on any atom is -0.481 e. The summed E-state index contributed by atoms with van der Waals surface area (Å²) in [7, 11) is 0. The molecular formula is C15H23NO4. The van der Waals surface area contributed by atoms with Crippen LogP contribution in [0.2, 0.25) is 0 Å². The van der Waals surface area contributed by atoms with Crippen LogP contribution < -0.4 is 5.32 Å². The Kier molecular flexibility index (Phi) is 3.45. The first-order valence-corrected chi connectivity index (χ1v) is 7.00. The highest BCUT2D eigenvalue weighted by Gasteiger charge is 2.52. The van der Waals surface area contributed by atoms with Gasteiger partial charge in [-0.2, -0.15) is 0 Å². The zero-order valence-electron chi connectivity index (χ0n) is 12.4. The van der Waals surface area contributed by atoms with Crippen molar-refractivity contribution in [1.82, 2.24) is 5.32 Å². The molecule has 4 unspecified atom stereocenters. The van der Waals surface area contributed by atoms with E-state index >= 15 is 0 Å². The minimum atomic E-state index is -1.09. The van der Waals surface area contributed by atoms with Gasteiger partial charge in [-0.25, -0.2) is 0 Å². The van der Waals surface area contributed by atoms with Gasteiger partial charge in [0.1, 0.15) is 0 Å². The monoisotopic (exact) mass is 281 g/mol. The van der Waals surface area contributed by atoms with Crippen LogP contribution in [0.15, 0.2) is 12.2 Å². The van der Waals surface area contributed by atoms with E-state index in [2.05, 4.69) is 5.32 Å². The van der Waals surface area contributed by atoms with Crippen molar-refractivity contribution in [2.75, 3.05) is 0 Å². The van der Waals surface area contributed by atoms with Gasteiger partial charge in [0.2, 0.25) is 5.91 Å². The molecule has 0 aromatic heterocycles. The van der Waals surface area contributed by atoms with Crippen LogP contribution in [-0.4, -0.2) is 33.2 Å². The standard InChI is InChI=1S/C15H23NO4/c1-14(2,15(3,4)20)16-12(17)10-8-5-6-9(7-8)11(10)13(18)19/h5-6,8-11,20H,7H2,1-4H3,(H,16,17)(H,18,19). The topological polar surface area (TPSA) is 86.6 Å². The summed E-state index contributed by atoms with van der Waals surface area (Å²) < 4.78 is 0. The summed E-state index contributed by atoms with van der Waals surface area (Å²) in [4.78, 5) is 23.9. The van der Waals surface area contributed by atoms with Gasteiger partial charge in [0.25, 0.3) is 0 Å². The number of amides is 1. The van der Waals surface area contributed by atoms with Crippen LogP contribution in [0.25, 0.3) is 0 Å². The Morgan fingerprint density at radius 1 is 1.10 bits per heavy atom. The molecule has 20 heavy (non-hydrogen) atoms. The van der Waals surface area contributed by atoms with Crippen molar-refractivity contribution in [1.29, 1.82) is 0 Å². The van der Waals surface area contributed by atoms with Crippen LogP contribution in [0.4, 0.5) is 0 Å². The number of fused-ring (bicyclic) bond motifs is 2. The average molecular weight is 281 g/mol. The SMILES string of the molecule is CC(C)(O)C(C)(C)NC(=O)C1C2C=CC(C2)C1C(=O)O.